The first-order valence-corrected chi connectivity index (χ1v) is 2.31. The molecule has 0 fully saturated rings. The zero-order valence-corrected chi connectivity index (χ0v) is 4.65. The molecule has 0 spiro atoms. The number of rotatable bonds is 3. The van der Waals surface area contributed by atoms with E-state index >= 15 is 0 Å². The molecule has 0 saturated carbocycles. The Morgan fingerprint density at radius 2 is 2.43 bits per heavy atom. The average Bonchev–Trinajstić information content (AvgIpc) is 1.68. The lowest BCUT2D eigenvalue weighted by Crippen LogP contribution is -2.15. The summed E-state index contributed by atoms with van der Waals surface area (Å²) >= 11 is 0. The number of hydrogen-bond acceptors (Lipinski definition) is 1. The van der Waals surface area contributed by atoms with Gasteiger partial charge in [-0.3, -0.25) is 5.41 Å². The molecule has 0 aliphatic rings. The van der Waals surface area contributed by atoms with Crippen LogP contribution in [0, 0.1) is 12.3 Å². The third kappa shape index (κ3) is 3.30. The minimum Gasteiger partial charge on any atom is -0.369 e. The van der Waals surface area contributed by atoms with Gasteiger partial charge in [0, 0.05) is 7.05 Å². The van der Waals surface area contributed by atoms with Gasteiger partial charge in [-0.1, -0.05) is 0 Å². The predicted octanol–water partition coefficient (Wildman–Crippen LogP) is 0.749. The first kappa shape index (κ1) is 6.47. The van der Waals surface area contributed by atoms with Crippen LogP contribution in [0.25, 0.3) is 0 Å². The monoisotopic (exact) mass is 99.1 g/mol. The molecule has 0 aromatic heterocycles. The molecule has 0 rings (SSSR count). The van der Waals surface area contributed by atoms with E-state index in [1.54, 1.807) is 4.90 Å². The average molecular weight is 99.2 g/mol. The van der Waals surface area contributed by atoms with Crippen LogP contribution in [0.4, 0.5) is 0 Å². The van der Waals surface area contributed by atoms with E-state index in [1.165, 1.54) is 6.34 Å². The van der Waals surface area contributed by atoms with E-state index in [-0.39, 0.29) is 0 Å². The van der Waals surface area contributed by atoms with Gasteiger partial charge in [-0.15, -0.1) is 0 Å². The van der Waals surface area contributed by atoms with Gasteiger partial charge in [0.15, 0.2) is 0 Å². The Bertz CT molecular complexity index is 52.0. The topological polar surface area (TPSA) is 27.1 Å². The summed E-state index contributed by atoms with van der Waals surface area (Å²) in [6, 6.07) is 0. The van der Waals surface area contributed by atoms with Gasteiger partial charge in [0.05, 0.1) is 6.34 Å². The minimum absolute atomic E-state index is 0.867. The van der Waals surface area contributed by atoms with Crippen LogP contribution >= 0.6 is 0 Å². The van der Waals surface area contributed by atoms with Crippen LogP contribution in [-0.4, -0.2) is 24.8 Å². The van der Waals surface area contributed by atoms with Gasteiger partial charge >= 0.3 is 0 Å². The summed E-state index contributed by atoms with van der Waals surface area (Å²) < 4.78 is 0. The molecule has 42 valence electrons. The molecular formula is C5H11N2-. The Hall–Kier alpha value is -0.530. The smallest absolute Gasteiger partial charge is 0.0813 e. The van der Waals surface area contributed by atoms with Crippen molar-refractivity contribution in [3.8, 4) is 0 Å². The Balaban J connectivity index is 2.98. The first-order valence-electron chi connectivity index (χ1n) is 2.31. The highest BCUT2D eigenvalue weighted by Crippen LogP contribution is 1.77. The molecule has 1 N–H and O–H groups in total. The van der Waals surface area contributed by atoms with Gasteiger partial charge in [0.25, 0.3) is 0 Å². The summed E-state index contributed by atoms with van der Waals surface area (Å²) in [4.78, 5) is 1.78. The van der Waals surface area contributed by atoms with E-state index in [1.807, 2.05) is 7.05 Å². The van der Waals surface area contributed by atoms with Gasteiger partial charge in [-0.2, -0.15) is 6.42 Å². The van der Waals surface area contributed by atoms with Gasteiger partial charge in [0.1, 0.15) is 0 Å². The van der Waals surface area contributed by atoms with Crippen molar-refractivity contribution in [3.05, 3.63) is 6.92 Å². The summed E-state index contributed by atoms with van der Waals surface area (Å²) in [5.41, 5.74) is 0. The van der Waals surface area contributed by atoms with Crippen molar-refractivity contribution < 1.29 is 0 Å². The normalized spacial score (nSPS) is 8.29. The molecule has 0 atom stereocenters. The van der Waals surface area contributed by atoms with Crippen LogP contribution < -0.4 is 0 Å². The van der Waals surface area contributed by atoms with Crippen molar-refractivity contribution in [1.82, 2.24) is 4.90 Å². The molecule has 0 aliphatic carbocycles. The third-order valence-corrected chi connectivity index (χ3v) is 0.731. The van der Waals surface area contributed by atoms with E-state index in [4.69, 9.17) is 5.41 Å². The van der Waals surface area contributed by atoms with E-state index in [0.717, 1.165) is 13.0 Å². The Morgan fingerprint density at radius 1 is 1.86 bits per heavy atom. The van der Waals surface area contributed by atoms with E-state index < -0.39 is 0 Å². The van der Waals surface area contributed by atoms with Gasteiger partial charge < -0.3 is 11.8 Å². The maximum atomic E-state index is 6.69. The third-order valence-electron chi connectivity index (χ3n) is 0.731. The summed E-state index contributed by atoms with van der Waals surface area (Å²) in [6.07, 6.45) is 2.16. The molecular weight excluding hydrogens is 88.1 g/mol. The molecule has 0 heterocycles. The molecule has 0 amide bonds. The Morgan fingerprint density at radius 3 is 2.57 bits per heavy atom. The summed E-state index contributed by atoms with van der Waals surface area (Å²) in [5.74, 6) is 0. The van der Waals surface area contributed by atoms with Crippen molar-refractivity contribution >= 4 is 6.34 Å². The Kier molecular flexibility index (Phi) is 3.38. The lowest BCUT2D eigenvalue weighted by atomic mass is 10.5. The van der Waals surface area contributed by atoms with E-state index in [2.05, 4.69) is 6.92 Å². The second kappa shape index (κ2) is 3.65. The lowest BCUT2D eigenvalue weighted by molar-refractivity contribution is 0.524. The van der Waals surface area contributed by atoms with Crippen LogP contribution in [0.1, 0.15) is 6.42 Å². The molecule has 0 aromatic rings. The minimum atomic E-state index is 0.867. The SMILES string of the molecule is [CH2-]CCN(C)C=N. The molecule has 0 bridgehead atoms. The predicted molar refractivity (Wildman–Crippen MR) is 31.4 cm³/mol. The van der Waals surface area contributed by atoms with Crippen molar-refractivity contribution in [2.75, 3.05) is 13.6 Å². The van der Waals surface area contributed by atoms with Crippen molar-refractivity contribution in [2.45, 2.75) is 6.42 Å². The summed E-state index contributed by atoms with van der Waals surface area (Å²) in [5, 5.41) is 6.69. The van der Waals surface area contributed by atoms with E-state index in [0.29, 0.717) is 0 Å². The zero-order valence-electron chi connectivity index (χ0n) is 4.65. The molecule has 0 aliphatic heterocycles. The summed E-state index contributed by atoms with van der Waals surface area (Å²) in [6.45, 7) is 4.51. The highest BCUT2D eigenvalue weighted by molar-refractivity contribution is 5.49. The standard InChI is InChI=1S/C5H11N2/c1-3-4-7(2)5-6/h5-6H,1,3-4H2,2H3/q-1. The van der Waals surface area contributed by atoms with Crippen molar-refractivity contribution in [3.63, 3.8) is 0 Å². The van der Waals surface area contributed by atoms with Crippen LogP contribution in [0.3, 0.4) is 0 Å². The van der Waals surface area contributed by atoms with E-state index in [9.17, 15) is 0 Å². The summed E-state index contributed by atoms with van der Waals surface area (Å²) in [7, 11) is 1.86. The highest BCUT2D eigenvalue weighted by atomic mass is 15.1. The molecule has 2 nitrogen and oxygen atoms in total. The van der Waals surface area contributed by atoms with Crippen LogP contribution in [0.15, 0.2) is 0 Å². The van der Waals surface area contributed by atoms with Crippen LogP contribution in [0.2, 0.25) is 0 Å². The second-order valence-corrected chi connectivity index (χ2v) is 1.46. The number of hydrogen-bond donors (Lipinski definition) is 1. The van der Waals surface area contributed by atoms with Crippen molar-refractivity contribution in [1.29, 1.82) is 5.41 Å². The van der Waals surface area contributed by atoms with Gasteiger partial charge in [-0.05, 0) is 6.54 Å². The molecule has 0 radical (unpaired) electrons. The molecule has 7 heavy (non-hydrogen) atoms. The fourth-order valence-electron chi connectivity index (χ4n) is 0.314. The second-order valence-electron chi connectivity index (χ2n) is 1.46. The van der Waals surface area contributed by atoms with Crippen LogP contribution in [-0.2, 0) is 0 Å². The largest absolute Gasteiger partial charge is 0.369 e. The molecule has 2 heteroatoms. The molecule has 0 saturated heterocycles. The first-order chi connectivity index (χ1) is 3.31. The van der Waals surface area contributed by atoms with Gasteiger partial charge in [-0.25, -0.2) is 0 Å². The number of nitrogens with one attached hydrogen (secondary N) is 1. The maximum absolute atomic E-state index is 6.69. The lowest BCUT2D eigenvalue weighted by Gasteiger charge is -2.10. The maximum Gasteiger partial charge on any atom is 0.0813 e. The number of nitrogens with zero attached hydrogens (tertiary/aromatic N) is 1. The Labute approximate surface area is 44.6 Å². The highest BCUT2D eigenvalue weighted by Gasteiger charge is 1.78. The van der Waals surface area contributed by atoms with Crippen LogP contribution in [0.5, 0.6) is 0 Å². The fourth-order valence-corrected chi connectivity index (χ4v) is 0.314. The van der Waals surface area contributed by atoms with Gasteiger partial charge in [0.2, 0.25) is 0 Å². The molecule has 0 aromatic carbocycles. The molecule has 0 unspecified atom stereocenters. The quantitative estimate of drug-likeness (QED) is 0.315. The fraction of sp³-hybridized carbons (Fsp3) is 0.600. The zero-order chi connectivity index (χ0) is 5.70. The van der Waals surface area contributed by atoms with Crippen molar-refractivity contribution in [2.24, 2.45) is 0 Å².